The van der Waals surface area contributed by atoms with Gasteiger partial charge in [0.15, 0.2) is 0 Å². The molecule has 2 heterocycles. The number of carbonyl (C=O) groups excluding carboxylic acids is 1. The summed E-state index contributed by atoms with van der Waals surface area (Å²) in [5, 5.41) is 4.43. The Morgan fingerprint density at radius 1 is 1.30 bits per heavy atom. The fourth-order valence-electron chi connectivity index (χ4n) is 4.91. The molecular weight excluding hydrogens is 410 g/mol. The van der Waals surface area contributed by atoms with Crippen molar-refractivity contribution < 1.29 is 9.53 Å². The van der Waals surface area contributed by atoms with Gasteiger partial charge in [-0.05, 0) is 93.2 Å². The zero-order chi connectivity index (χ0) is 23.0. The van der Waals surface area contributed by atoms with Crippen LogP contribution >= 0.6 is 0 Å². The first-order valence-electron chi connectivity index (χ1n) is 11.8. The SMILES string of the molecule is C=Cc1cc(C2(NC(=O)c3cc(OC[C@@H]4CCCN4C)ccc3C)CC2)c2cccnc2c1. The van der Waals surface area contributed by atoms with E-state index in [1.54, 1.807) is 6.20 Å². The third-order valence-corrected chi connectivity index (χ3v) is 7.16. The number of fused-ring (bicyclic) bond motifs is 1. The Kier molecular flexibility index (Phi) is 5.67. The van der Waals surface area contributed by atoms with E-state index in [1.165, 1.54) is 6.42 Å². The van der Waals surface area contributed by atoms with Gasteiger partial charge in [0.1, 0.15) is 12.4 Å². The van der Waals surface area contributed by atoms with Crippen molar-refractivity contribution in [1.29, 1.82) is 0 Å². The van der Waals surface area contributed by atoms with Gasteiger partial charge >= 0.3 is 0 Å². The maximum atomic E-state index is 13.4. The molecule has 1 aromatic heterocycles. The topological polar surface area (TPSA) is 54.5 Å². The molecule has 0 radical (unpaired) electrons. The lowest BCUT2D eigenvalue weighted by atomic mass is 9.95. The zero-order valence-electron chi connectivity index (χ0n) is 19.4. The maximum absolute atomic E-state index is 13.4. The lowest BCUT2D eigenvalue weighted by Gasteiger charge is -2.22. The number of likely N-dealkylation sites (tertiary alicyclic amines) is 1. The summed E-state index contributed by atoms with van der Waals surface area (Å²) in [4.78, 5) is 20.3. The second kappa shape index (κ2) is 8.64. The molecule has 1 saturated heterocycles. The molecule has 170 valence electrons. The van der Waals surface area contributed by atoms with Crippen molar-refractivity contribution in [2.45, 2.75) is 44.2 Å². The van der Waals surface area contributed by atoms with Crippen molar-refractivity contribution in [2.24, 2.45) is 0 Å². The highest BCUT2D eigenvalue weighted by Crippen LogP contribution is 2.48. The monoisotopic (exact) mass is 441 g/mol. The van der Waals surface area contributed by atoms with Gasteiger partial charge in [-0.3, -0.25) is 9.78 Å². The van der Waals surface area contributed by atoms with Crippen molar-refractivity contribution in [3.05, 3.63) is 77.5 Å². The summed E-state index contributed by atoms with van der Waals surface area (Å²) >= 11 is 0. The Hall–Kier alpha value is -3.18. The molecule has 0 spiro atoms. The summed E-state index contributed by atoms with van der Waals surface area (Å²) in [6.45, 7) is 7.67. The first-order valence-corrected chi connectivity index (χ1v) is 11.8. The molecule has 2 aromatic carbocycles. The molecule has 2 aliphatic rings. The summed E-state index contributed by atoms with van der Waals surface area (Å²) in [7, 11) is 2.14. The number of hydrogen-bond acceptors (Lipinski definition) is 4. The van der Waals surface area contributed by atoms with Gasteiger partial charge < -0.3 is 15.0 Å². The van der Waals surface area contributed by atoms with Gasteiger partial charge in [-0.25, -0.2) is 0 Å². The van der Waals surface area contributed by atoms with Crippen LogP contribution in [0, 0.1) is 6.92 Å². The second-order valence-corrected chi connectivity index (χ2v) is 9.44. The predicted octanol–water partition coefficient (Wildman–Crippen LogP) is 5.08. The van der Waals surface area contributed by atoms with Crippen molar-refractivity contribution in [1.82, 2.24) is 15.2 Å². The molecule has 1 aliphatic heterocycles. The zero-order valence-corrected chi connectivity index (χ0v) is 19.4. The van der Waals surface area contributed by atoms with E-state index in [4.69, 9.17) is 4.74 Å². The van der Waals surface area contributed by atoms with E-state index in [0.717, 1.165) is 59.2 Å². The molecule has 1 amide bonds. The van der Waals surface area contributed by atoms with Crippen LogP contribution in [0.15, 0.2) is 55.2 Å². The summed E-state index contributed by atoms with van der Waals surface area (Å²) in [5.74, 6) is 0.689. The van der Waals surface area contributed by atoms with Gasteiger partial charge in [0, 0.05) is 23.2 Å². The molecule has 33 heavy (non-hydrogen) atoms. The number of likely N-dealkylation sites (N-methyl/N-ethyl adjacent to an activating group) is 1. The van der Waals surface area contributed by atoms with E-state index in [2.05, 4.69) is 41.0 Å². The summed E-state index contributed by atoms with van der Waals surface area (Å²) in [6.07, 6.45) is 7.83. The third-order valence-electron chi connectivity index (χ3n) is 7.16. The highest BCUT2D eigenvalue weighted by molar-refractivity contribution is 5.97. The minimum atomic E-state index is -0.368. The number of amides is 1. The van der Waals surface area contributed by atoms with Crippen LogP contribution in [0.4, 0.5) is 0 Å². The van der Waals surface area contributed by atoms with E-state index in [1.807, 2.05) is 43.3 Å². The minimum Gasteiger partial charge on any atom is -0.492 e. The number of hydrogen-bond donors (Lipinski definition) is 1. The van der Waals surface area contributed by atoms with E-state index in [9.17, 15) is 4.79 Å². The second-order valence-electron chi connectivity index (χ2n) is 9.44. The van der Waals surface area contributed by atoms with Crippen LogP contribution in [-0.2, 0) is 5.54 Å². The number of carbonyl (C=O) groups is 1. The van der Waals surface area contributed by atoms with Crippen LogP contribution in [0.5, 0.6) is 5.75 Å². The van der Waals surface area contributed by atoms with Crippen LogP contribution in [0.2, 0.25) is 0 Å². The van der Waals surface area contributed by atoms with Gasteiger partial charge in [0.25, 0.3) is 5.91 Å². The lowest BCUT2D eigenvalue weighted by Crippen LogP contribution is -2.35. The average Bonchev–Trinajstić information content (AvgIpc) is 3.49. The molecule has 5 heteroatoms. The maximum Gasteiger partial charge on any atom is 0.252 e. The number of benzene rings is 2. The standard InChI is InChI=1S/C28H31N3O2/c1-4-20-15-25(23-8-5-13-29-26(23)16-20)28(11-12-28)30-27(32)24-17-22(10-9-19(24)2)33-18-21-7-6-14-31(21)3/h4-5,8-10,13,15-17,21H,1,6-7,11-12,14,18H2,2-3H3,(H,30,32)/t21-/m0/s1. The van der Waals surface area contributed by atoms with Crippen molar-refractivity contribution in [3.63, 3.8) is 0 Å². The van der Waals surface area contributed by atoms with Gasteiger partial charge in [-0.1, -0.05) is 24.8 Å². The Labute approximate surface area is 195 Å². The molecule has 1 atom stereocenters. The molecule has 1 saturated carbocycles. The molecule has 1 aliphatic carbocycles. The molecule has 1 N–H and O–H groups in total. The van der Waals surface area contributed by atoms with E-state index >= 15 is 0 Å². The average molecular weight is 442 g/mol. The molecule has 5 nitrogen and oxygen atoms in total. The molecule has 5 rings (SSSR count). The number of aryl methyl sites for hydroxylation is 1. The lowest BCUT2D eigenvalue weighted by molar-refractivity contribution is 0.0930. The first-order chi connectivity index (χ1) is 16.0. The van der Waals surface area contributed by atoms with Crippen molar-refractivity contribution >= 4 is 22.9 Å². The number of pyridine rings is 1. The molecular formula is C28H31N3O2. The summed E-state index contributed by atoms with van der Waals surface area (Å²) in [6, 6.07) is 14.5. The van der Waals surface area contributed by atoms with E-state index < -0.39 is 0 Å². The molecule has 0 unspecified atom stereocenters. The van der Waals surface area contributed by atoms with Crippen LogP contribution in [0.25, 0.3) is 17.0 Å². The highest BCUT2D eigenvalue weighted by Gasteiger charge is 2.47. The molecule has 3 aromatic rings. The first kappa shape index (κ1) is 21.7. The Balaban J connectivity index is 1.39. The van der Waals surface area contributed by atoms with Crippen molar-refractivity contribution in [3.8, 4) is 5.75 Å². The van der Waals surface area contributed by atoms with Crippen LogP contribution in [0.3, 0.4) is 0 Å². The highest BCUT2D eigenvalue weighted by atomic mass is 16.5. The van der Waals surface area contributed by atoms with Crippen LogP contribution < -0.4 is 10.1 Å². The van der Waals surface area contributed by atoms with Crippen molar-refractivity contribution in [2.75, 3.05) is 20.2 Å². The van der Waals surface area contributed by atoms with E-state index in [-0.39, 0.29) is 11.4 Å². The smallest absolute Gasteiger partial charge is 0.252 e. The fourth-order valence-corrected chi connectivity index (χ4v) is 4.91. The Morgan fingerprint density at radius 3 is 2.88 bits per heavy atom. The van der Waals surface area contributed by atoms with Gasteiger partial charge in [0.05, 0.1) is 11.1 Å². The Bertz CT molecular complexity index is 1210. The quantitative estimate of drug-likeness (QED) is 0.556. The van der Waals surface area contributed by atoms with E-state index in [0.29, 0.717) is 18.2 Å². The fraction of sp³-hybridized carbons (Fsp3) is 0.357. The third kappa shape index (κ3) is 4.25. The largest absolute Gasteiger partial charge is 0.492 e. The van der Waals surface area contributed by atoms with Crippen LogP contribution in [-0.4, -0.2) is 42.0 Å². The molecule has 0 bridgehead atoms. The number of nitrogens with zero attached hydrogens (tertiary/aromatic N) is 2. The van der Waals surface area contributed by atoms with Crippen LogP contribution in [0.1, 0.15) is 52.7 Å². The van der Waals surface area contributed by atoms with Gasteiger partial charge in [-0.2, -0.15) is 0 Å². The predicted molar refractivity (Wildman–Crippen MR) is 133 cm³/mol. The number of ether oxygens (including phenoxy) is 1. The number of aromatic nitrogens is 1. The minimum absolute atomic E-state index is 0.0607. The summed E-state index contributed by atoms with van der Waals surface area (Å²) < 4.78 is 6.08. The Morgan fingerprint density at radius 2 is 2.15 bits per heavy atom. The van der Waals surface area contributed by atoms with Gasteiger partial charge in [-0.15, -0.1) is 0 Å². The normalized spacial score (nSPS) is 19.4. The summed E-state index contributed by atoms with van der Waals surface area (Å²) in [5.41, 5.74) is 4.30. The van der Waals surface area contributed by atoms with Gasteiger partial charge in [0.2, 0.25) is 0 Å². The number of rotatable bonds is 7. The molecule has 2 fully saturated rings. The number of nitrogens with one attached hydrogen (secondary N) is 1.